The fraction of sp³-hybridized carbons (Fsp3) is 0.304. The van der Waals surface area contributed by atoms with E-state index in [9.17, 15) is 5.26 Å². The molecule has 0 atom stereocenters. The van der Waals surface area contributed by atoms with Crippen LogP contribution in [-0.4, -0.2) is 37.7 Å². The number of nitrogens with one attached hydrogen (secondary N) is 3. The molecule has 3 N–H and O–H groups in total. The van der Waals surface area contributed by atoms with Crippen LogP contribution in [-0.2, 0) is 7.05 Å². The van der Waals surface area contributed by atoms with E-state index in [0.29, 0.717) is 34.8 Å². The Hall–Kier alpha value is -4.06. The maximum atomic E-state index is 9.51. The van der Waals surface area contributed by atoms with E-state index in [4.69, 9.17) is 9.72 Å². The number of nitriles is 1. The zero-order chi connectivity index (χ0) is 22.1. The number of hydrogen-bond acceptors (Lipinski definition) is 7. The number of benzene rings is 1. The molecule has 0 radical (unpaired) electrons. The molecule has 3 heterocycles. The largest absolute Gasteiger partial charge is 0.495 e. The molecule has 9 nitrogen and oxygen atoms in total. The Morgan fingerprint density at radius 2 is 2.09 bits per heavy atom. The van der Waals surface area contributed by atoms with Crippen molar-refractivity contribution >= 4 is 28.5 Å². The fourth-order valence-corrected chi connectivity index (χ4v) is 4.25. The number of aromatic amines is 1. The maximum absolute atomic E-state index is 9.51. The number of fused-ring (bicyclic) bond motifs is 1. The molecule has 0 saturated heterocycles. The number of rotatable bonds is 6. The Balaban J connectivity index is 1.51. The second kappa shape index (κ2) is 8.23. The van der Waals surface area contributed by atoms with Gasteiger partial charge >= 0.3 is 0 Å². The number of nitrogens with zero attached hydrogens (tertiary/aromatic N) is 5. The highest BCUT2D eigenvalue weighted by Crippen LogP contribution is 2.34. The van der Waals surface area contributed by atoms with E-state index in [1.807, 2.05) is 36.0 Å². The summed E-state index contributed by atoms with van der Waals surface area (Å²) in [6, 6.07) is 8.48. The van der Waals surface area contributed by atoms with E-state index >= 15 is 0 Å². The van der Waals surface area contributed by atoms with E-state index < -0.39 is 0 Å². The molecule has 5 rings (SSSR count). The minimum atomic E-state index is 0.357. The molecule has 0 bridgehead atoms. The van der Waals surface area contributed by atoms with Crippen molar-refractivity contribution in [1.29, 1.82) is 5.26 Å². The molecule has 0 amide bonds. The lowest BCUT2D eigenvalue weighted by Gasteiger charge is -2.16. The van der Waals surface area contributed by atoms with E-state index in [0.717, 1.165) is 35.2 Å². The second-order valence-corrected chi connectivity index (χ2v) is 7.99. The van der Waals surface area contributed by atoms with Crippen molar-refractivity contribution in [3.63, 3.8) is 0 Å². The van der Waals surface area contributed by atoms with Crippen LogP contribution in [0.5, 0.6) is 5.75 Å². The molecule has 1 aliphatic carbocycles. The summed E-state index contributed by atoms with van der Waals surface area (Å²) in [6.45, 7) is 0. The van der Waals surface area contributed by atoms with Gasteiger partial charge in [0.1, 0.15) is 23.3 Å². The highest BCUT2D eigenvalue weighted by Gasteiger charge is 2.20. The first-order chi connectivity index (χ1) is 15.7. The van der Waals surface area contributed by atoms with Crippen LogP contribution in [0.3, 0.4) is 0 Å². The van der Waals surface area contributed by atoms with Crippen molar-refractivity contribution in [3.8, 4) is 23.1 Å². The average Bonchev–Trinajstić information content (AvgIpc) is 3.55. The molecular formula is C23H24N8O. The highest BCUT2D eigenvalue weighted by molar-refractivity contribution is 5.93. The summed E-state index contributed by atoms with van der Waals surface area (Å²) in [4.78, 5) is 16.6. The van der Waals surface area contributed by atoms with Gasteiger partial charge in [0.15, 0.2) is 0 Å². The number of imidazole rings is 1. The van der Waals surface area contributed by atoms with Crippen molar-refractivity contribution in [3.05, 3.63) is 42.5 Å². The smallest absolute Gasteiger partial charge is 0.231 e. The van der Waals surface area contributed by atoms with Gasteiger partial charge < -0.3 is 24.9 Å². The quantitative estimate of drug-likeness (QED) is 0.418. The molecule has 162 valence electrons. The molecule has 1 aliphatic rings. The van der Waals surface area contributed by atoms with Crippen LogP contribution in [0.15, 0.2) is 36.9 Å². The van der Waals surface area contributed by atoms with Crippen molar-refractivity contribution in [2.45, 2.75) is 31.7 Å². The second-order valence-electron chi connectivity index (χ2n) is 7.99. The lowest BCUT2D eigenvalue weighted by atomic mass is 10.1. The predicted molar refractivity (Wildman–Crippen MR) is 123 cm³/mol. The van der Waals surface area contributed by atoms with E-state index in [-0.39, 0.29) is 0 Å². The first-order valence-corrected chi connectivity index (χ1v) is 10.6. The summed E-state index contributed by atoms with van der Waals surface area (Å²) in [7, 11) is 3.59. The van der Waals surface area contributed by atoms with Gasteiger partial charge in [0, 0.05) is 24.8 Å². The zero-order valence-electron chi connectivity index (χ0n) is 18.0. The van der Waals surface area contributed by atoms with E-state index in [1.54, 1.807) is 19.6 Å². The molecule has 0 aliphatic heterocycles. The third-order valence-corrected chi connectivity index (χ3v) is 5.91. The lowest BCUT2D eigenvalue weighted by Crippen LogP contribution is -2.16. The van der Waals surface area contributed by atoms with Crippen molar-refractivity contribution in [2.24, 2.45) is 7.05 Å². The molecule has 9 heteroatoms. The zero-order valence-corrected chi connectivity index (χ0v) is 18.0. The summed E-state index contributed by atoms with van der Waals surface area (Å²) >= 11 is 0. The number of ether oxygens (including phenoxy) is 1. The SMILES string of the molecule is COc1cc(-c2cncn2C)ccc1Nc1nc(NC2CCCC2)c2c(C#N)c[nH]c2n1. The molecule has 0 spiro atoms. The summed E-state index contributed by atoms with van der Waals surface area (Å²) < 4.78 is 7.59. The van der Waals surface area contributed by atoms with Crippen LogP contribution in [0.4, 0.5) is 17.5 Å². The lowest BCUT2D eigenvalue weighted by molar-refractivity contribution is 0.417. The van der Waals surface area contributed by atoms with Gasteiger partial charge in [-0.1, -0.05) is 18.9 Å². The number of methoxy groups -OCH3 is 1. The Morgan fingerprint density at radius 3 is 2.81 bits per heavy atom. The maximum Gasteiger partial charge on any atom is 0.231 e. The standard InChI is InChI=1S/C23H24N8O/c1-31-13-25-12-18(31)14-7-8-17(19(9-14)32-2)28-23-29-21-20(15(10-24)11-26-21)22(30-23)27-16-5-3-4-6-16/h7-9,11-13,16H,3-6H2,1-2H3,(H3,26,27,28,29,30). The number of anilines is 3. The first-order valence-electron chi connectivity index (χ1n) is 10.6. The number of aryl methyl sites for hydroxylation is 1. The van der Waals surface area contributed by atoms with Crippen LogP contribution in [0.25, 0.3) is 22.3 Å². The van der Waals surface area contributed by atoms with Crippen LogP contribution in [0.2, 0.25) is 0 Å². The van der Waals surface area contributed by atoms with Gasteiger partial charge in [0.05, 0.1) is 42.0 Å². The Morgan fingerprint density at radius 1 is 1.25 bits per heavy atom. The van der Waals surface area contributed by atoms with Crippen molar-refractivity contribution in [2.75, 3.05) is 17.7 Å². The van der Waals surface area contributed by atoms with Crippen molar-refractivity contribution < 1.29 is 4.74 Å². The van der Waals surface area contributed by atoms with E-state index in [1.165, 1.54) is 12.8 Å². The normalized spacial score (nSPS) is 13.9. The van der Waals surface area contributed by atoms with Crippen LogP contribution in [0, 0.1) is 11.3 Å². The minimum Gasteiger partial charge on any atom is -0.495 e. The van der Waals surface area contributed by atoms with Gasteiger partial charge in [-0.3, -0.25) is 0 Å². The fourth-order valence-electron chi connectivity index (χ4n) is 4.25. The topological polar surface area (TPSA) is 116 Å². The summed E-state index contributed by atoms with van der Waals surface area (Å²) in [5.74, 6) is 1.77. The molecular weight excluding hydrogens is 404 g/mol. The van der Waals surface area contributed by atoms with Crippen LogP contribution in [0.1, 0.15) is 31.2 Å². The average molecular weight is 429 g/mol. The number of hydrogen-bond donors (Lipinski definition) is 3. The molecule has 3 aromatic heterocycles. The summed E-state index contributed by atoms with van der Waals surface area (Å²) in [5.41, 5.74) is 3.88. The van der Waals surface area contributed by atoms with Gasteiger partial charge in [0.25, 0.3) is 0 Å². The predicted octanol–water partition coefficient (Wildman–Crippen LogP) is 4.34. The third-order valence-electron chi connectivity index (χ3n) is 5.91. The minimum absolute atomic E-state index is 0.357. The van der Waals surface area contributed by atoms with Crippen LogP contribution >= 0.6 is 0 Å². The molecule has 4 aromatic rings. The Labute approximate surface area is 185 Å². The Bertz CT molecular complexity index is 1310. The van der Waals surface area contributed by atoms with Crippen LogP contribution < -0.4 is 15.4 Å². The molecule has 1 fully saturated rings. The van der Waals surface area contributed by atoms with Gasteiger partial charge in [-0.15, -0.1) is 0 Å². The molecule has 1 aromatic carbocycles. The summed E-state index contributed by atoms with van der Waals surface area (Å²) in [5, 5.41) is 17.1. The first kappa shape index (κ1) is 19.9. The molecule has 1 saturated carbocycles. The van der Waals surface area contributed by atoms with Crippen molar-refractivity contribution in [1.82, 2.24) is 24.5 Å². The molecule has 32 heavy (non-hydrogen) atoms. The van der Waals surface area contributed by atoms with Gasteiger partial charge in [-0.25, -0.2) is 4.98 Å². The monoisotopic (exact) mass is 428 g/mol. The van der Waals surface area contributed by atoms with E-state index in [2.05, 4.69) is 31.7 Å². The summed E-state index contributed by atoms with van der Waals surface area (Å²) in [6.07, 6.45) is 9.87. The van der Waals surface area contributed by atoms with Gasteiger partial charge in [0.2, 0.25) is 5.95 Å². The highest BCUT2D eigenvalue weighted by atomic mass is 16.5. The number of H-pyrrole nitrogens is 1. The molecule has 0 unspecified atom stereocenters. The third kappa shape index (κ3) is 3.60. The Kier molecular flexibility index (Phi) is 5.11. The number of aromatic nitrogens is 5. The van der Waals surface area contributed by atoms with Gasteiger partial charge in [-0.05, 0) is 25.0 Å². The van der Waals surface area contributed by atoms with Gasteiger partial charge in [-0.2, -0.15) is 15.2 Å².